The van der Waals surface area contributed by atoms with Crippen LogP contribution in [0.2, 0.25) is 0 Å². The minimum Gasteiger partial charge on any atom is -0.496 e. The van der Waals surface area contributed by atoms with Crippen molar-refractivity contribution in [2.45, 2.75) is 59.0 Å². The van der Waals surface area contributed by atoms with Gasteiger partial charge in [0.15, 0.2) is 0 Å². The molecule has 1 aromatic rings. The van der Waals surface area contributed by atoms with Gasteiger partial charge in [-0.05, 0) is 28.5 Å². The highest BCUT2D eigenvalue weighted by atomic mass is 16.5. The van der Waals surface area contributed by atoms with Crippen molar-refractivity contribution >= 4 is 0 Å². The van der Waals surface area contributed by atoms with Gasteiger partial charge >= 0.3 is 0 Å². The Balaban J connectivity index is 3.61. The van der Waals surface area contributed by atoms with Crippen LogP contribution in [-0.4, -0.2) is 12.2 Å². The van der Waals surface area contributed by atoms with E-state index >= 15 is 0 Å². The number of aliphatic hydroxyl groups is 1. The second-order valence-electron chi connectivity index (χ2n) is 6.88. The highest BCUT2D eigenvalue weighted by Crippen LogP contribution is 2.40. The third-order valence-corrected chi connectivity index (χ3v) is 3.15. The number of aliphatic hydroxyl groups excluding tert-OH is 1. The lowest BCUT2D eigenvalue weighted by molar-refractivity contribution is 0.280. The van der Waals surface area contributed by atoms with Gasteiger partial charge in [-0.15, -0.1) is 0 Å². The molecule has 102 valence electrons. The summed E-state index contributed by atoms with van der Waals surface area (Å²) in [6.45, 7) is 13.1. The van der Waals surface area contributed by atoms with E-state index in [0.29, 0.717) is 0 Å². The third kappa shape index (κ3) is 3.05. The van der Waals surface area contributed by atoms with Crippen LogP contribution in [0.15, 0.2) is 12.1 Å². The molecule has 1 N–H and O–H groups in total. The molecule has 0 amide bonds. The molecular weight excluding hydrogens is 224 g/mol. The Morgan fingerprint density at radius 1 is 0.944 bits per heavy atom. The summed E-state index contributed by atoms with van der Waals surface area (Å²) < 4.78 is 5.65. The minimum atomic E-state index is -0.00345. The molecule has 0 saturated heterocycles. The van der Waals surface area contributed by atoms with Gasteiger partial charge in [-0.3, -0.25) is 0 Å². The molecule has 2 nitrogen and oxygen atoms in total. The molecule has 1 rings (SSSR count). The number of ether oxygens (including phenoxy) is 1. The molecule has 0 spiro atoms. The summed E-state index contributed by atoms with van der Waals surface area (Å²) in [5.74, 6) is 0.951. The number of hydrogen-bond donors (Lipinski definition) is 1. The van der Waals surface area contributed by atoms with Crippen LogP contribution in [-0.2, 0) is 17.4 Å². The van der Waals surface area contributed by atoms with E-state index in [-0.39, 0.29) is 17.4 Å². The van der Waals surface area contributed by atoms with Crippen molar-refractivity contribution in [1.82, 2.24) is 0 Å². The first-order valence-electron chi connectivity index (χ1n) is 6.44. The highest BCUT2D eigenvalue weighted by Gasteiger charge is 2.27. The van der Waals surface area contributed by atoms with Crippen molar-refractivity contribution < 1.29 is 9.84 Å². The van der Waals surface area contributed by atoms with E-state index in [0.717, 1.165) is 22.4 Å². The SMILES string of the molecule is COc1c(C(C)(C)C)cc(CO)cc1C(C)(C)C. The van der Waals surface area contributed by atoms with Crippen molar-refractivity contribution in [2.24, 2.45) is 0 Å². The standard InChI is InChI=1S/C16H26O2/c1-15(2,3)12-8-11(10-17)9-13(14(12)18-7)16(4,5)6/h8-9,17H,10H2,1-7H3. The lowest BCUT2D eigenvalue weighted by Gasteiger charge is -2.29. The molecule has 18 heavy (non-hydrogen) atoms. The van der Waals surface area contributed by atoms with Crippen LogP contribution in [0.25, 0.3) is 0 Å². The maximum Gasteiger partial charge on any atom is 0.126 e. The molecule has 0 radical (unpaired) electrons. The Hall–Kier alpha value is -1.02. The second kappa shape index (κ2) is 4.93. The lowest BCUT2D eigenvalue weighted by Crippen LogP contribution is -2.19. The quantitative estimate of drug-likeness (QED) is 0.865. The maximum atomic E-state index is 9.44. The van der Waals surface area contributed by atoms with Crippen LogP contribution in [0.4, 0.5) is 0 Å². The molecule has 0 fully saturated rings. The van der Waals surface area contributed by atoms with Gasteiger partial charge in [-0.1, -0.05) is 41.5 Å². The fraction of sp³-hybridized carbons (Fsp3) is 0.625. The highest BCUT2D eigenvalue weighted by molar-refractivity contribution is 5.50. The van der Waals surface area contributed by atoms with Gasteiger partial charge in [-0.25, -0.2) is 0 Å². The van der Waals surface area contributed by atoms with Crippen LogP contribution in [0.5, 0.6) is 5.75 Å². The summed E-state index contributed by atoms with van der Waals surface area (Å²) >= 11 is 0. The Kier molecular flexibility index (Phi) is 4.12. The van der Waals surface area contributed by atoms with Crippen LogP contribution in [0, 0.1) is 0 Å². The molecule has 0 aromatic heterocycles. The van der Waals surface area contributed by atoms with Gasteiger partial charge in [0.2, 0.25) is 0 Å². The number of methoxy groups -OCH3 is 1. The zero-order chi connectivity index (χ0) is 14.1. The zero-order valence-corrected chi connectivity index (χ0v) is 12.7. The smallest absolute Gasteiger partial charge is 0.126 e. The molecule has 0 atom stereocenters. The summed E-state index contributed by atoms with van der Waals surface area (Å²) in [7, 11) is 1.72. The Morgan fingerprint density at radius 2 is 1.33 bits per heavy atom. The lowest BCUT2D eigenvalue weighted by atomic mass is 9.78. The van der Waals surface area contributed by atoms with Gasteiger partial charge in [0, 0.05) is 11.1 Å². The fourth-order valence-electron chi connectivity index (χ4n) is 2.11. The largest absolute Gasteiger partial charge is 0.496 e. The normalized spacial score (nSPS) is 12.7. The van der Waals surface area contributed by atoms with Gasteiger partial charge in [-0.2, -0.15) is 0 Å². The molecule has 2 heteroatoms. The molecule has 0 unspecified atom stereocenters. The van der Waals surface area contributed by atoms with Crippen molar-refractivity contribution in [3.8, 4) is 5.75 Å². The first kappa shape index (κ1) is 15.0. The van der Waals surface area contributed by atoms with E-state index in [4.69, 9.17) is 4.74 Å². The summed E-state index contributed by atoms with van der Waals surface area (Å²) in [5.41, 5.74) is 3.25. The molecule has 0 heterocycles. The predicted octanol–water partition coefficient (Wildman–Crippen LogP) is 3.78. The van der Waals surface area contributed by atoms with Crippen LogP contribution in [0.3, 0.4) is 0 Å². The topological polar surface area (TPSA) is 29.5 Å². The van der Waals surface area contributed by atoms with E-state index in [9.17, 15) is 5.11 Å². The van der Waals surface area contributed by atoms with Gasteiger partial charge in [0.05, 0.1) is 13.7 Å². The Morgan fingerprint density at radius 3 is 1.56 bits per heavy atom. The van der Waals surface area contributed by atoms with Crippen molar-refractivity contribution in [1.29, 1.82) is 0 Å². The van der Waals surface area contributed by atoms with E-state index in [1.807, 2.05) is 12.1 Å². The molecule has 0 aliphatic carbocycles. The predicted molar refractivity (Wildman–Crippen MR) is 76.3 cm³/mol. The average Bonchev–Trinajstić information content (AvgIpc) is 2.24. The van der Waals surface area contributed by atoms with Gasteiger partial charge in [0.1, 0.15) is 5.75 Å². The van der Waals surface area contributed by atoms with Crippen LogP contribution < -0.4 is 4.74 Å². The molecule has 0 aliphatic heterocycles. The van der Waals surface area contributed by atoms with Crippen LogP contribution in [0.1, 0.15) is 58.2 Å². The number of hydrogen-bond acceptors (Lipinski definition) is 2. The maximum absolute atomic E-state index is 9.44. The van der Waals surface area contributed by atoms with Crippen LogP contribution >= 0.6 is 0 Å². The molecule has 0 aliphatic rings. The van der Waals surface area contributed by atoms with Crippen molar-refractivity contribution in [3.63, 3.8) is 0 Å². The minimum absolute atomic E-state index is 0.00345. The van der Waals surface area contributed by atoms with Crippen molar-refractivity contribution in [3.05, 3.63) is 28.8 Å². The third-order valence-electron chi connectivity index (χ3n) is 3.15. The molecular formula is C16H26O2. The summed E-state index contributed by atoms with van der Waals surface area (Å²) in [4.78, 5) is 0. The average molecular weight is 250 g/mol. The van der Waals surface area contributed by atoms with Gasteiger partial charge in [0.25, 0.3) is 0 Å². The Labute approximate surface area is 111 Å². The number of rotatable bonds is 2. The van der Waals surface area contributed by atoms with E-state index in [1.165, 1.54) is 0 Å². The Bertz CT molecular complexity index is 385. The monoisotopic (exact) mass is 250 g/mol. The second-order valence-corrected chi connectivity index (χ2v) is 6.88. The fourth-order valence-corrected chi connectivity index (χ4v) is 2.11. The summed E-state index contributed by atoms with van der Waals surface area (Å²) in [5, 5.41) is 9.44. The first-order valence-corrected chi connectivity index (χ1v) is 6.44. The van der Waals surface area contributed by atoms with E-state index < -0.39 is 0 Å². The summed E-state index contributed by atoms with van der Waals surface area (Å²) in [6.07, 6.45) is 0. The summed E-state index contributed by atoms with van der Waals surface area (Å²) in [6, 6.07) is 4.10. The van der Waals surface area contributed by atoms with E-state index in [1.54, 1.807) is 7.11 Å². The molecule has 0 saturated carbocycles. The van der Waals surface area contributed by atoms with Gasteiger partial charge < -0.3 is 9.84 Å². The van der Waals surface area contributed by atoms with Crippen molar-refractivity contribution in [2.75, 3.05) is 7.11 Å². The number of benzene rings is 1. The zero-order valence-electron chi connectivity index (χ0n) is 12.7. The van der Waals surface area contributed by atoms with E-state index in [2.05, 4.69) is 41.5 Å². The molecule has 0 bridgehead atoms. The molecule has 1 aromatic carbocycles. The first-order chi connectivity index (χ1) is 8.11.